The van der Waals surface area contributed by atoms with Crippen LogP contribution in [0.25, 0.3) is 0 Å². The van der Waals surface area contributed by atoms with Crippen LogP contribution in [0.5, 0.6) is 5.75 Å². The van der Waals surface area contributed by atoms with Crippen LogP contribution in [0, 0.1) is 6.07 Å². The molecule has 1 aromatic carbocycles. The van der Waals surface area contributed by atoms with Crippen molar-refractivity contribution in [1.29, 1.82) is 0 Å². The standard InChI is InChI=1S/C11H16NO3S/c1-12(2)7-8-15-10-5-4-6-11(9-10)16(3,13)14/h4,6,9H,7-8H2,1-3H3. The van der Waals surface area contributed by atoms with Crippen LogP contribution in [-0.2, 0) is 9.84 Å². The normalized spacial score (nSPS) is 11.8. The van der Waals surface area contributed by atoms with E-state index in [9.17, 15) is 8.42 Å². The average molecular weight is 242 g/mol. The molecule has 0 atom stereocenters. The van der Waals surface area contributed by atoms with E-state index in [1.165, 1.54) is 18.4 Å². The van der Waals surface area contributed by atoms with Gasteiger partial charge in [-0.2, -0.15) is 0 Å². The Morgan fingerprint density at radius 1 is 1.44 bits per heavy atom. The van der Waals surface area contributed by atoms with Gasteiger partial charge in [-0.05, 0) is 32.3 Å². The number of benzene rings is 1. The molecule has 0 saturated carbocycles. The van der Waals surface area contributed by atoms with Crippen LogP contribution in [0.1, 0.15) is 0 Å². The van der Waals surface area contributed by atoms with E-state index in [1.807, 2.05) is 19.0 Å². The molecular weight excluding hydrogens is 226 g/mol. The van der Waals surface area contributed by atoms with Gasteiger partial charge in [-0.15, -0.1) is 0 Å². The lowest BCUT2D eigenvalue weighted by Gasteiger charge is -2.11. The molecule has 1 rings (SSSR count). The molecule has 0 heterocycles. The van der Waals surface area contributed by atoms with E-state index in [-0.39, 0.29) is 4.90 Å². The van der Waals surface area contributed by atoms with Gasteiger partial charge in [0.15, 0.2) is 9.84 Å². The zero-order valence-electron chi connectivity index (χ0n) is 9.73. The predicted molar refractivity (Wildman–Crippen MR) is 62.4 cm³/mol. The Morgan fingerprint density at radius 3 is 2.69 bits per heavy atom. The number of hydrogen-bond acceptors (Lipinski definition) is 4. The van der Waals surface area contributed by atoms with Gasteiger partial charge in [-0.3, -0.25) is 0 Å². The lowest BCUT2D eigenvalue weighted by Crippen LogP contribution is -2.19. The highest BCUT2D eigenvalue weighted by Crippen LogP contribution is 2.16. The minimum atomic E-state index is -3.18. The van der Waals surface area contributed by atoms with Crippen LogP contribution in [0.3, 0.4) is 0 Å². The molecule has 0 unspecified atom stereocenters. The van der Waals surface area contributed by atoms with Gasteiger partial charge in [0, 0.05) is 18.9 Å². The third kappa shape index (κ3) is 4.20. The Bertz CT molecular complexity index is 440. The maximum absolute atomic E-state index is 11.3. The number of likely N-dealkylation sites (N-methyl/N-ethyl adjacent to an activating group) is 1. The molecule has 0 bridgehead atoms. The van der Waals surface area contributed by atoms with Gasteiger partial charge in [-0.25, -0.2) is 8.42 Å². The molecule has 0 aromatic heterocycles. The van der Waals surface area contributed by atoms with E-state index < -0.39 is 9.84 Å². The van der Waals surface area contributed by atoms with Crippen molar-refractivity contribution in [2.24, 2.45) is 0 Å². The van der Waals surface area contributed by atoms with Crippen LogP contribution in [-0.4, -0.2) is 46.8 Å². The quantitative estimate of drug-likeness (QED) is 0.767. The third-order valence-corrected chi connectivity index (χ3v) is 3.08. The van der Waals surface area contributed by atoms with E-state index >= 15 is 0 Å². The van der Waals surface area contributed by atoms with Crippen molar-refractivity contribution in [3.63, 3.8) is 0 Å². The predicted octanol–water partition coefficient (Wildman–Crippen LogP) is 0.831. The number of nitrogens with zero attached hydrogens (tertiary/aromatic N) is 1. The maximum atomic E-state index is 11.3. The molecule has 0 aliphatic carbocycles. The Labute approximate surface area is 96.8 Å². The van der Waals surface area contributed by atoms with Gasteiger partial charge in [0.05, 0.1) is 4.90 Å². The molecule has 16 heavy (non-hydrogen) atoms. The van der Waals surface area contributed by atoms with Gasteiger partial charge in [-0.1, -0.05) is 0 Å². The second-order valence-corrected chi connectivity index (χ2v) is 5.83. The maximum Gasteiger partial charge on any atom is 0.175 e. The highest BCUT2D eigenvalue weighted by atomic mass is 32.2. The van der Waals surface area contributed by atoms with Gasteiger partial charge in [0.1, 0.15) is 12.4 Å². The summed E-state index contributed by atoms with van der Waals surface area (Å²) in [7, 11) is 0.712. The summed E-state index contributed by atoms with van der Waals surface area (Å²) in [5, 5.41) is 0. The minimum absolute atomic E-state index is 0.256. The van der Waals surface area contributed by atoms with Gasteiger partial charge < -0.3 is 9.64 Å². The Kier molecular flexibility index (Phi) is 4.32. The molecule has 1 radical (unpaired) electrons. The first-order chi connectivity index (χ1) is 7.39. The summed E-state index contributed by atoms with van der Waals surface area (Å²) in [6.07, 6.45) is 1.17. The van der Waals surface area contributed by atoms with Crippen molar-refractivity contribution in [3.8, 4) is 5.75 Å². The minimum Gasteiger partial charge on any atom is -0.492 e. The Balaban J connectivity index is 2.69. The molecule has 0 amide bonds. The van der Waals surface area contributed by atoms with E-state index in [0.717, 1.165) is 6.54 Å². The molecule has 4 nitrogen and oxygen atoms in total. The Hall–Kier alpha value is -1.07. The first-order valence-corrected chi connectivity index (χ1v) is 6.78. The van der Waals surface area contributed by atoms with E-state index in [1.54, 1.807) is 6.07 Å². The fourth-order valence-corrected chi connectivity index (χ4v) is 1.71. The summed E-state index contributed by atoms with van der Waals surface area (Å²) in [5.41, 5.74) is 0. The average Bonchev–Trinajstić information content (AvgIpc) is 2.16. The van der Waals surface area contributed by atoms with Crippen molar-refractivity contribution < 1.29 is 13.2 Å². The summed E-state index contributed by atoms with van der Waals surface area (Å²) in [5.74, 6) is 0.463. The first-order valence-electron chi connectivity index (χ1n) is 4.89. The molecular formula is C11H16NO3S. The monoisotopic (exact) mass is 242 g/mol. The molecule has 0 aliphatic rings. The summed E-state index contributed by atoms with van der Waals surface area (Å²) in [6.45, 7) is 1.29. The van der Waals surface area contributed by atoms with Crippen LogP contribution < -0.4 is 4.74 Å². The lowest BCUT2D eigenvalue weighted by molar-refractivity contribution is 0.260. The molecule has 0 fully saturated rings. The highest BCUT2D eigenvalue weighted by Gasteiger charge is 2.07. The van der Waals surface area contributed by atoms with Crippen LogP contribution in [0.15, 0.2) is 23.1 Å². The second-order valence-electron chi connectivity index (χ2n) is 3.81. The van der Waals surface area contributed by atoms with Crippen molar-refractivity contribution in [3.05, 3.63) is 24.3 Å². The summed E-state index contributed by atoms with van der Waals surface area (Å²) in [6, 6.07) is 7.41. The third-order valence-electron chi connectivity index (χ3n) is 1.97. The van der Waals surface area contributed by atoms with Crippen molar-refractivity contribution in [2.75, 3.05) is 33.5 Å². The van der Waals surface area contributed by atoms with Crippen LogP contribution >= 0.6 is 0 Å². The van der Waals surface area contributed by atoms with Crippen molar-refractivity contribution in [2.45, 2.75) is 4.90 Å². The van der Waals surface area contributed by atoms with Gasteiger partial charge in [0.2, 0.25) is 0 Å². The van der Waals surface area contributed by atoms with Crippen molar-refractivity contribution in [1.82, 2.24) is 4.90 Å². The zero-order chi connectivity index (χ0) is 12.2. The molecule has 89 valence electrons. The second kappa shape index (κ2) is 5.32. The summed E-state index contributed by atoms with van der Waals surface area (Å²) in [4.78, 5) is 2.24. The number of ether oxygens (including phenoxy) is 1. The largest absolute Gasteiger partial charge is 0.492 e. The zero-order valence-corrected chi connectivity index (χ0v) is 10.5. The fraction of sp³-hybridized carbons (Fsp3) is 0.455. The van der Waals surface area contributed by atoms with Crippen molar-refractivity contribution >= 4 is 9.84 Å². The van der Waals surface area contributed by atoms with E-state index in [0.29, 0.717) is 12.4 Å². The molecule has 0 aliphatic heterocycles. The van der Waals surface area contributed by atoms with Crippen LogP contribution in [0.4, 0.5) is 0 Å². The fourth-order valence-electron chi connectivity index (χ4n) is 1.08. The van der Waals surface area contributed by atoms with E-state index in [2.05, 4.69) is 6.07 Å². The molecule has 1 aromatic rings. The smallest absolute Gasteiger partial charge is 0.175 e. The highest BCUT2D eigenvalue weighted by molar-refractivity contribution is 7.90. The van der Waals surface area contributed by atoms with E-state index in [4.69, 9.17) is 4.74 Å². The lowest BCUT2D eigenvalue weighted by atomic mass is 10.3. The van der Waals surface area contributed by atoms with Gasteiger partial charge in [0.25, 0.3) is 0 Å². The Morgan fingerprint density at radius 2 is 2.12 bits per heavy atom. The summed E-state index contributed by atoms with van der Waals surface area (Å²) < 4.78 is 28.0. The summed E-state index contributed by atoms with van der Waals surface area (Å²) >= 11 is 0. The number of hydrogen-bond donors (Lipinski definition) is 0. The first kappa shape index (κ1) is 13.0. The topological polar surface area (TPSA) is 46.6 Å². The SMILES string of the molecule is CN(C)CCOc1[c]ccc(S(C)(=O)=O)c1. The number of sulfone groups is 1. The molecule has 0 N–H and O–H groups in total. The van der Waals surface area contributed by atoms with Gasteiger partial charge >= 0.3 is 0 Å². The number of rotatable bonds is 5. The molecule has 0 saturated heterocycles. The van der Waals surface area contributed by atoms with Crippen LogP contribution in [0.2, 0.25) is 0 Å². The molecule has 0 spiro atoms. The molecule has 5 heteroatoms.